The Labute approximate surface area is 104 Å². The number of hydrogen-bond acceptors (Lipinski definition) is 3. The fourth-order valence-corrected chi connectivity index (χ4v) is 2.04. The molecule has 2 rings (SSSR count). The summed E-state index contributed by atoms with van der Waals surface area (Å²) < 4.78 is 0.675. The molecule has 0 spiro atoms. The van der Waals surface area contributed by atoms with Gasteiger partial charge in [0.15, 0.2) is 5.84 Å². The van der Waals surface area contributed by atoms with Crippen molar-refractivity contribution in [2.75, 3.05) is 0 Å². The topological polar surface area (TPSA) is 63.8 Å². The molecule has 1 aromatic heterocycles. The normalized spacial score (nSPS) is 20.2. The van der Waals surface area contributed by atoms with E-state index in [-0.39, 0.29) is 11.8 Å². The molecule has 6 heteroatoms. The van der Waals surface area contributed by atoms with E-state index in [0.29, 0.717) is 22.6 Å². The Balaban J connectivity index is 2.28. The average Bonchev–Trinajstić information content (AvgIpc) is 2.58. The fraction of sp³-hybridized carbons (Fsp3) is 0.300. The number of amidine groups is 2. The average molecular weight is 277 g/mol. The summed E-state index contributed by atoms with van der Waals surface area (Å²) in [5.41, 5.74) is 0.525. The van der Waals surface area contributed by atoms with Crippen molar-refractivity contribution in [3.63, 3.8) is 0 Å². The summed E-state index contributed by atoms with van der Waals surface area (Å²) in [6.45, 7) is 0. The zero-order valence-corrected chi connectivity index (χ0v) is 10.2. The summed E-state index contributed by atoms with van der Waals surface area (Å²) in [5.74, 6) is 0.302. The summed E-state index contributed by atoms with van der Waals surface area (Å²) in [4.78, 5) is 5.71. The maximum absolute atomic E-state index is 8.01. The van der Waals surface area contributed by atoms with Crippen molar-refractivity contribution in [1.29, 1.82) is 10.8 Å². The summed E-state index contributed by atoms with van der Waals surface area (Å²) in [6, 6.07) is 5.35. The van der Waals surface area contributed by atoms with Gasteiger partial charge in [-0.25, -0.2) is 4.98 Å². The first-order valence-electron chi connectivity index (χ1n) is 4.93. The summed E-state index contributed by atoms with van der Waals surface area (Å²) in [7, 11) is 5.85. The standard InChI is InChI=1S/C10H10BBrN4/c11-7-4-5-9(13)16(7)10(14)6-2-1-3-8(12)15-6/h1-3,7,13-14H,4-5H2. The Morgan fingerprint density at radius 1 is 1.56 bits per heavy atom. The van der Waals surface area contributed by atoms with Gasteiger partial charge >= 0.3 is 0 Å². The first-order chi connectivity index (χ1) is 7.59. The van der Waals surface area contributed by atoms with Gasteiger partial charge in [0.1, 0.15) is 16.1 Å². The first-order valence-corrected chi connectivity index (χ1v) is 5.72. The van der Waals surface area contributed by atoms with Crippen LogP contribution < -0.4 is 0 Å². The molecule has 1 fully saturated rings. The Morgan fingerprint density at radius 3 is 2.88 bits per heavy atom. The van der Waals surface area contributed by atoms with E-state index < -0.39 is 0 Å². The van der Waals surface area contributed by atoms with Gasteiger partial charge in [-0.1, -0.05) is 6.07 Å². The molecule has 2 N–H and O–H groups in total. The monoisotopic (exact) mass is 276 g/mol. The molecule has 1 unspecified atom stereocenters. The molecule has 0 aromatic carbocycles. The number of nitrogens with one attached hydrogen (secondary N) is 2. The minimum atomic E-state index is -0.277. The van der Waals surface area contributed by atoms with E-state index in [4.69, 9.17) is 18.7 Å². The number of likely N-dealkylation sites (tertiary alicyclic amines) is 1. The van der Waals surface area contributed by atoms with E-state index in [1.165, 1.54) is 4.90 Å². The molecular weight excluding hydrogens is 267 g/mol. The first kappa shape index (κ1) is 11.3. The second kappa shape index (κ2) is 4.37. The molecule has 1 aliphatic rings. The van der Waals surface area contributed by atoms with Crippen LogP contribution in [0.3, 0.4) is 0 Å². The van der Waals surface area contributed by atoms with Crippen LogP contribution in [0.5, 0.6) is 0 Å². The lowest BCUT2D eigenvalue weighted by atomic mass is 9.94. The van der Waals surface area contributed by atoms with Crippen molar-refractivity contribution in [2.24, 2.45) is 0 Å². The molecule has 2 heterocycles. The van der Waals surface area contributed by atoms with Crippen LogP contribution in [-0.2, 0) is 0 Å². The second-order valence-corrected chi connectivity index (χ2v) is 4.43. The van der Waals surface area contributed by atoms with Gasteiger partial charge in [0.05, 0.1) is 7.85 Å². The van der Waals surface area contributed by atoms with Crippen LogP contribution in [0.1, 0.15) is 18.5 Å². The molecular formula is C10H10BBrN4. The molecule has 0 amide bonds. The number of aromatic nitrogens is 1. The smallest absolute Gasteiger partial charge is 0.152 e. The van der Waals surface area contributed by atoms with Crippen molar-refractivity contribution in [3.8, 4) is 0 Å². The molecule has 1 saturated heterocycles. The lowest BCUT2D eigenvalue weighted by Gasteiger charge is -2.24. The quantitative estimate of drug-likeness (QED) is 0.355. The van der Waals surface area contributed by atoms with Crippen molar-refractivity contribution in [3.05, 3.63) is 28.5 Å². The van der Waals surface area contributed by atoms with Crippen LogP contribution in [0.2, 0.25) is 0 Å². The van der Waals surface area contributed by atoms with E-state index in [0.717, 1.165) is 6.42 Å². The highest BCUT2D eigenvalue weighted by Gasteiger charge is 2.28. The summed E-state index contributed by atoms with van der Waals surface area (Å²) in [6.07, 6.45) is 1.34. The fourth-order valence-electron chi connectivity index (χ4n) is 1.70. The number of hydrogen-bond donors (Lipinski definition) is 2. The van der Waals surface area contributed by atoms with Gasteiger partial charge in [-0.05, 0) is 40.4 Å². The molecule has 16 heavy (non-hydrogen) atoms. The van der Waals surface area contributed by atoms with Gasteiger partial charge in [0, 0.05) is 6.42 Å². The van der Waals surface area contributed by atoms with Crippen LogP contribution in [0, 0.1) is 10.8 Å². The third kappa shape index (κ3) is 2.02. The maximum atomic E-state index is 8.01. The molecule has 0 bridgehead atoms. The number of rotatable bonds is 1. The number of pyridine rings is 1. The van der Waals surface area contributed by atoms with Crippen LogP contribution in [0.25, 0.3) is 0 Å². The van der Waals surface area contributed by atoms with E-state index >= 15 is 0 Å². The highest BCUT2D eigenvalue weighted by molar-refractivity contribution is 9.10. The minimum absolute atomic E-state index is 0.191. The summed E-state index contributed by atoms with van der Waals surface area (Å²) >= 11 is 3.26. The molecule has 1 aromatic rings. The highest BCUT2D eigenvalue weighted by Crippen LogP contribution is 2.19. The lowest BCUT2D eigenvalue weighted by molar-refractivity contribution is 0.590. The van der Waals surface area contributed by atoms with Crippen LogP contribution in [0.4, 0.5) is 0 Å². The third-order valence-electron chi connectivity index (χ3n) is 2.50. The molecule has 2 radical (unpaired) electrons. The van der Waals surface area contributed by atoms with E-state index in [9.17, 15) is 0 Å². The number of nitrogens with zero attached hydrogens (tertiary/aromatic N) is 2. The molecule has 4 nitrogen and oxygen atoms in total. The van der Waals surface area contributed by atoms with Crippen LogP contribution in [-0.4, -0.2) is 35.3 Å². The Kier molecular flexibility index (Phi) is 3.09. The minimum Gasteiger partial charge on any atom is -0.320 e. The SMILES string of the molecule is [B]C1CCC(=N)N1C(=N)c1cccc(Br)n1. The van der Waals surface area contributed by atoms with Crippen LogP contribution >= 0.6 is 15.9 Å². The van der Waals surface area contributed by atoms with Gasteiger partial charge in [-0.3, -0.25) is 10.8 Å². The Hall–Kier alpha value is -1.17. The van der Waals surface area contributed by atoms with E-state index in [1.807, 2.05) is 6.07 Å². The Morgan fingerprint density at radius 2 is 2.31 bits per heavy atom. The lowest BCUT2D eigenvalue weighted by Crippen LogP contribution is -2.39. The molecule has 0 aliphatic carbocycles. The van der Waals surface area contributed by atoms with Gasteiger partial charge in [0.25, 0.3) is 0 Å². The Bertz CT molecular complexity index is 448. The van der Waals surface area contributed by atoms with Crippen molar-refractivity contribution in [1.82, 2.24) is 9.88 Å². The molecule has 80 valence electrons. The largest absolute Gasteiger partial charge is 0.320 e. The zero-order valence-electron chi connectivity index (χ0n) is 8.57. The van der Waals surface area contributed by atoms with Crippen molar-refractivity contribution >= 4 is 35.4 Å². The molecule has 1 atom stereocenters. The second-order valence-electron chi connectivity index (χ2n) is 3.62. The van der Waals surface area contributed by atoms with Gasteiger partial charge in [0.2, 0.25) is 0 Å². The van der Waals surface area contributed by atoms with Crippen molar-refractivity contribution in [2.45, 2.75) is 18.8 Å². The third-order valence-corrected chi connectivity index (χ3v) is 2.94. The molecule has 0 saturated carbocycles. The van der Waals surface area contributed by atoms with Gasteiger partial charge < -0.3 is 4.90 Å². The zero-order chi connectivity index (χ0) is 11.7. The predicted octanol–water partition coefficient (Wildman–Crippen LogP) is 1.74. The van der Waals surface area contributed by atoms with Crippen molar-refractivity contribution < 1.29 is 0 Å². The van der Waals surface area contributed by atoms with Gasteiger partial charge in [-0.2, -0.15) is 0 Å². The van der Waals surface area contributed by atoms with Crippen LogP contribution in [0.15, 0.2) is 22.8 Å². The highest BCUT2D eigenvalue weighted by atomic mass is 79.9. The number of halogens is 1. The summed E-state index contributed by atoms with van der Waals surface area (Å²) in [5, 5.41) is 15.7. The molecule has 1 aliphatic heterocycles. The van der Waals surface area contributed by atoms with E-state index in [2.05, 4.69) is 20.9 Å². The van der Waals surface area contributed by atoms with E-state index in [1.54, 1.807) is 12.1 Å². The van der Waals surface area contributed by atoms with Gasteiger partial charge in [-0.15, -0.1) is 0 Å². The maximum Gasteiger partial charge on any atom is 0.152 e. The predicted molar refractivity (Wildman–Crippen MR) is 67.1 cm³/mol.